The van der Waals surface area contributed by atoms with E-state index in [0.29, 0.717) is 16.9 Å². The number of β-amino-alcohol motifs (C(OH)–C–C–N with tert-alkyl or cyclic N) is 2. The lowest BCUT2D eigenvalue weighted by atomic mass is 10.1. The van der Waals surface area contributed by atoms with Gasteiger partial charge in [0.25, 0.3) is 5.91 Å². The van der Waals surface area contributed by atoms with Crippen molar-refractivity contribution in [2.24, 2.45) is 0 Å². The zero-order valence-electron chi connectivity index (χ0n) is 16.9. The lowest BCUT2D eigenvalue weighted by Crippen LogP contribution is -2.23. The molecule has 12 heteroatoms. The number of nitrogens with zero attached hydrogens (tertiary/aromatic N) is 4. The maximum Gasteiger partial charge on any atom is 0.573 e. The molecule has 3 heterocycles. The van der Waals surface area contributed by atoms with Crippen molar-refractivity contribution in [2.75, 3.05) is 23.3 Å². The first-order chi connectivity index (χ1) is 15.7. The van der Waals surface area contributed by atoms with E-state index in [9.17, 15) is 28.2 Å². The molecule has 3 N–H and O–H groups in total. The van der Waals surface area contributed by atoms with E-state index in [1.54, 1.807) is 11.0 Å². The van der Waals surface area contributed by atoms with Gasteiger partial charge in [0.2, 0.25) is 0 Å². The van der Waals surface area contributed by atoms with E-state index in [-0.39, 0.29) is 24.3 Å². The molecule has 1 saturated heterocycles. The average molecular weight is 461 g/mol. The van der Waals surface area contributed by atoms with Gasteiger partial charge in [0.05, 0.1) is 17.8 Å². The number of aliphatic hydroxyl groups excluding tert-OH is 2. The fourth-order valence-corrected chi connectivity index (χ4v) is 3.37. The number of nitrogens with one attached hydrogen (secondary N) is 1. The molecule has 1 amide bonds. The molecule has 172 valence electrons. The molecular weight excluding hydrogens is 443 g/mol. The summed E-state index contributed by atoms with van der Waals surface area (Å²) in [6, 6.07) is 6.29. The number of ether oxygens (including phenoxy) is 1. The van der Waals surface area contributed by atoms with Gasteiger partial charge in [-0.25, -0.2) is 15.0 Å². The number of anilines is 2. The minimum Gasteiger partial charge on any atom is -0.406 e. The van der Waals surface area contributed by atoms with Crippen molar-refractivity contribution < 1.29 is 32.9 Å². The zero-order chi connectivity index (χ0) is 23.6. The second-order valence-corrected chi connectivity index (χ2v) is 7.29. The van der Waals surface area contributed by atoms with Gasteiger partial charge in [-0.05, 0) is 30.3 Å². The number of pyridine rings is 1. The van der Waals surface area contributed by atoms with Crippen molar-refractivity contribution >= 4 is 17.4 Å². The van der Waals surface area contributed by atoms with Gasteiger partial charge in [-0.1, -0.05) is 0 Å². The van der Waals surface area contributed by atoms with Crippen LogP contribution in [0.4, 0.5) is 24.7 Å². The summed E-state index contributed by atoms with van der Waals surface area (Å²) in [4.78, 5) is 26.8. The first-order valence-electron chi connectivity index (χ1n) is 9.73. The van der Waals surface area contributed by atoms with Crippen molar-refractivity contribution in [3.8, 4) is 16.9 Å². The maximum atomic E-state index is 12.8. The van der Waals surface area contributed by atoms with Gasteiger partial charge >= 0.3 is 6.36 Å². The summed E-state index contributed by atoms with van der Waals surface area (Å²) < 4.78 is 40.7. The Labute approximate surface area is 185 Å². The monoisotopic (exact) mass is 461 g/mol. The molecule has 0 spiro atoms. The number of carbonyl (C=O) groups excluding carboxylic acids is 1. The van der Waals surface area contributed by atoms with Gasteiger partial charge < -0.3 is 25.2 Å². The van der Waals surface area contributed by atoms with Crippen molar-refractivity contribution in [3.63, 3.8) is 0 Å². The Morgan fingerprint density at radius 2 is 1.70 bits per heavy atom. The molecule has 9 nitrogen and oxygen atoms in total. The van der Waals surface area contributed by atoms with E-state index >= 15 is 0 Å². The summed E-state index contributed by atoms with van der Waals surface area (Å²) in [5.74, 6) is -0.517. The number of aliphatic hydroxyl groups is 2. The van der Waals surface area contributed by atoms with Crippen LogP contribution in [0.1, 0.15) is 10.4 Å². The molecule has 1 fully saturated rings. The van der Waals surface area contributed by atoms with Crippen molar-refractivity contribution in [3.05, 3.63) is 60.8 Å². The number of carbonyl (C=O) groups is 1. The SMILES string of the molecule is O=C(Nc1ccc(OC(F)(F)F)cc1)c1cnc(N2CC(O)[C@H](O)C2)c(-c2cncnc2)c1. The third-order valence-corrected chi connectivity index (χ3v) is 4.90. The van der Waals surface area contributed by atoms with Crippen LogP contribution >= 0.6 is 0 Å². The van der Waals surface area contributed by atoms with Crippen LogP contribution in [-0.2, 0) is 0 Å². The molecule has 1 unspecified atom stereocenters. The minimum atomic E-state index is -4.81. The number of amides is 1. The van der Waals surface area contributed by atoms with Crippen LogP contribution in [0.15, 0.2) is 55.2 Å². The Kier molecular flexibility index (Phi) is 6.11. The summed E-state index contributed by atoms with van der Waals surface area (Å²) in [5, 5.41) is 22.4. The Morgan fingerprint density at radius 3 is 2.30 bits per heavy atom. The molecule has 2 atom stereocenters. The quantitative estimate of drug-likeness (QED) is 0.529. The first-order valence-corrected chi connectivity index (χ1v) is 9.73. The lowest BCUT2D eigenvalue weighted by Gasteiger charge is -2.20. The smallest absolute Gasteiger partial charge is 0.406 e. The second kappa shape index (κ2) is 9.00. The van der Waals surface area contributed by atoms with Gasteiger partial charge in [-0.2, -0.15) is 0 Å². The van der Waals surface area contributed by atoms with E-state index < -0.39 is 30.2 Å². The normalized spacial score (nSPS) is 18.3. The molecule has 0 radical (unpaired) electrons. The summed E-state index contributed by atoms with van der Waals surface area (Å²) >= 11 is 0. The van der Waals surface area contributed by atoms with Crippen LogP contribution in [0.3, 0.4) is 0 Å². The number of hydrogen-bond donors (Lipinski definition) is 3. The standard InChI is InChI=1S/C21H18F3N5O4/c22-21(23,24)33-15-3-1-14(2-4-15)28-20(32)12-5-16(13-6-25-11-26-7-13)19(27-8-12)29-9-17(30)18(31)10-29/h1-8,11,17-18,30-31H,9-10H2,(H,28,32)/t17-,18?/m1/s1. The Bertz CT molecular complexity index is 1120. The largest absolute Gasteiger partial charge is 0.573 e. The van der Waals surface area contributed by atoms with E-state index in [1.165, 1.54) is 37.1 Å². The van der Waals surface area contributed by atoms with E-state index in [1.807, 2.05) is 0 Å². The molecule has 1 aromatic carbocycles. The summed E-state index contributed by atoms with van der Waals surface area (Å²) in [7, 11) is 0. The second-order valence-electron chi connectivity index (χ2n) is 7.29. The molecule has 0 saturated carbocycles. The molecule has 2 aromatic heterocycles. The fraction of sp³-hybridized carbons (Fsp3) is 0.238. The summed E-state index contributed by atoms with van der Waals surface area (Å²) in [6.07, 6.45) is -0.914. The van der Waals surface area contributed by atoms with Crippen LogP contribution in [-0.4, -0.2) is 62.7 Å². The molecule has 3 aromatic rings. The van der Waals surface area contributed by atoms with Gasteiger partial charge in [0.15, 0.2) is 0 Å². The number of halogens is 3. The van der Waals surface area contributed by atoms with Crippen molar-refractivity contribution in [1.29, 1.82) is 0 Å². The predicted octanol–water partition coefficient (Wildman–Crippen LogP) is 2.23. The average Bonchev–Trinajstić information content (AvgIpc) is 3.12. The van der Waals surface area contributed by atoms with Crippen LogP contribution < -0.4 is 15.0 Å². The molecular formula is C21H18F3N5O4. The number of rotatable bonds is 5. The zero-order valence-corrected chi connectivity index (χ0v) is 16.9. The Morgan fingerprint density at radius 1 is 1.06 bits per heavy atom. The molecule has 4 rings (SSSR count). The fourth-order valence-electron chi connectivity index (χ4n) is 3.37. The van der Waals surface area contributed by atoms with Crippen LogP contribution in [0.2, 0.25) is 0 Å². The van der Waals surface area contributed by atoms with Crippen LogP contribution in [0, 0.1) is 0 Å². The highest BCUT2D eigenvalue weighted by atomic mass is 19.4. The van der Waals surface area contributed by atoms with Crippen molar-refractivity contribution in [2.45, 2.75) is 18.6 Å². The third kappa shape index (κ3) is 5.35. The van der Waals surface area contributed by atoms with Gasteiger partial charge in [0, 0.05) is 48.5 Å². The molecule has 1 aliphatic rings. The Hall–Kier alpha value is -3.77. The minimum absolute atomic E-state index is 0.159. The molecule has 0 bridgehead atoms. The summed E-state index contributed by atoms with van der Waals surface area (Å²) in [5.41, 5.74) is 1.51. The molecule has 33 heavy (non-hydrogen) atoms. The van der Waals surface area contributed by atoms with Crippen LogP contribution in [0.5, 0.6) is 5.75 Å². The predicted molar refractivity (Wildman–Crippen MR) is 111 cm³/mol. The number of hydrogen-bond acceptors (Lipinski definition) is 8. The highest BCUT2D eigenvalue weighted by molar-refractivity contribution is 6.05. The lowest BCUT2D eigenvalue weighted by molar-refractivity contribution is -0.274. The molecule has 0 aliphatic carbocycles. The van der Waals surface area contributed by atoms with E-state index in [4.69, 9.17) is 0 Å². The first kappa shape index (κ1) is 22.4. The summed E-state index contributed by atoms with van der Waals surface area (Å²) in [6.45, 7) is 0.319. The van der Waals surface area contributed by atoms with Gasteiger partial charge in [0.1, 0.15) is 17.9 Å². The van der Waals surface area contributed by atoms with E-state index in [2.05, 4.69) is 25.0 Å². The van der Waals surface area contributed by atoms with Crippen molar-refractivity contribution in [1.82, 2.24) is 15.0 Å². The number of benzene rings is 1. The Balaban J connectivity index is 1.58. The maximum absolute atomic E-state index is 12.8. The van der Waals surface area contributed by atoms with Gasteiger partial charge in [-0.3, -0.25) is 4.79 Å². The molecule has 1 aliphatic heterocycles. The van der Waals surface area contributed by atoms with Gasteiger partial charge in [-0.15, -0.1) is 13.2 Å². The number of alkyl halides is 3. The third-order valence-electron chi connectivity index (χ3n) is 4.90. The highest BCUT2D eigenvalue weighted by Gasteiger charge is 2.32. The van der Waals surface area contributed by atoms with Crippen LogP contribution in [0.25, 0.3) is 11.1 Å². The topological polar surface area (TPSA) is 121 Å². The highest BCUT2D eigenvalue weighted by Crippen LogP contribution is 2.32. The van der Waals surface area contributed by atoms with E-state index in [0.717, 1.165) is 12.1 Å². The number of aromatic nitrogens is 3.